The number of amides is 1. The maximum atomic E-state index is 12.2. The number of hydrogen-bond donors (Lipinski definition) is 1. The molecule has 0 bridgehead atoms. The van der Waals surface area contributed by atoms with Crippen LogP contribution in [-0.4, -0.2) is 26.7 Å². The Kier molecular flexibility index (Phi) is 5.63. The summed E-state index contributed by atoms with van der Waals surface area (Å²) >= 11 is 0. The van der Waals surface area contributed by atoms with Gasteiger partial charge in [0.15, 0.2) is 0 Å². The normalized spacial score (nSPS) is 10.3. The third-order valence-electron chi connectivity index (χ3n) is 3.79. The van der Waals surface area contributed by atoms with Gasteiger partial charge in [-0.3, -0.25) is 4.79 Å². The van der Waals surface area contributed by atoms with Crippen LogP contribution in [0.25, 0.3) is 0 Å². The number of aryl methyl sites for hydroxylation is 2. The van der Waals surface area contributed by atoms with Gasteiger partial charge in [0.25, 0.3) is 5.91 Å². The fraction of sp³-hybridized carbons (Fsp3) is 0.316. The largest absolute Gasteiger partial charge is 0.496 e. The molecule has 0 atom stereocenters. The summed E-state index contributed by atoms with van der Waals surface area (Å²) in [7, 11) is 3.26. The van der Waals surface area contributed by atoms with Gasteiger partial charge in [-0.2, -0.15) is 0 Å². The summed E-state index contributed by atoms with van der Waals surface area (Å²) in [5.74, 6) is 1.47. The molecule has 0 heterocycles. The Morgan fingerprint density at radius 2 is 1.74 bits per heavy atom. The minimum Gasteiger partial charge on any atom is -0.496 e. The maximum absolute atomic E-state index is 12.2. The second kappa shape index (κ2) is 7.68. The first-order chi connectivity index (χ1) is 11.0. The van der Waals surface area contributed by atoms with Gasteiger partial charge in [0.1, 0.15) is 11.5 Å². The van der Waals surface area contributed by atoms with Gasteiger partial charge < -0.3 is 14.8 Å². The molecule has 0 saturated heterocycles. The summed E-state index contributed by atoms with van der Waals surface area (Å²) in [5, 5.41) is 2.94. The van der Waals surface area contributed by atoms with Crippen molar-refractivity contribution in [1.82, 2.24) is 5.32 Å². The van der Waals surface area contributed by atoms with Gasteiger partial charge in [0.2, 0.25) is 0 Å². The molecule has 1 amide bonds. The highest BCUT2D eigenvalue weighted by molar-refractivity contribution is 5.94. The molecule has 122 valence electrons. The Bertz CT molecular complexity index is 695. The van der Waals surface area contributed by atoms with E-state index < -0.39 is 0 Å². The summed E-state index contributed by atoms with van der Waals surface area (Å²) < 4.78 is 10.6. The van der Waals surface area contributed by atoms with E-state index in [-0.39, 0.29) is 5.91 Å². The lowest BCUT2D eigenvalue weighted by Gasteiger charge is -2.11. The van der Waals surface area contributed by atoms with Crippen LogP contribution >= 0.6 is 0 Å². The number of ether oxygens (including phenoxy) is 2. The lowest BCUT2D eigenvalue weighted by atomic mass is 10.1. The predicted octanol–water partition coefficient (Wildman–Crippen LogP) is 3.29. The molecule has 2 aromatic carbocycles. The molecule has 0 fully saturated rings. The Hall–Kier alpha value is -2.49. The zero-order chi connectivity index (χ0) is 16.8. The summed E-state index contributed by atoms with van der Waals surface area (Å²) in [6.07, 6.45) is 0.722. The first kappa shape index (κ1) is 16.9. The van der Waals surface area contributed by atoms with Crippen molar-refractivity contribution >= 4 is 5.91 Å². The van der Waals surface area contributed by atoms with E-state index >= 15 is 0 Å². The smallest absolute Gasteiger partial charge is 0.251 e. The molecule has 0 radical (unpaired) electrons. The lowest BCUT2D eigenvalue weighted by molar-refractivity contribution is 0.0953. The van der Waals surface area contributed by atoms with Crippen molar-refractivity contribution in [3.05, 3.63) is 58.7 Å². The SMILES string of the molecule is COc1cc(C(=O)NCCc2cc(C)ccc2OC)ccc1C. The van der Waals surface area contributed by atoms with Crippen molar-refractivity contribution in [1.29, 1.82) is 0 Å². The number of benzene rings is 2. The van der Waals surface area contributed by atoms with Crippen molar-refractivity contribution in [2.75, 3.05) is 20.8 Å². The molecule has 1 N–H and O–H groups in total. The van der Waals surface area contributed by atoms with Gasteiger partial charge in [0, 0.05) is 12.1 Å². The van der Waals surface area contributed by atoms with E-state index in [1.54, 1.807) is 26.4 Å². The van der Waals surface area contributed by atoms with Gasteiger partial charge >= 0.3 is 0 Å². The summed E-state index contributed by atoms with van der Waals surface area (Å²) in [5.41, 5.74) is 3.88. The first-order valence-corrected chi connectivity index (χ1v) is 7.61. The Morgan fingerprint density at radius 1 is 1.00 bits per heavy atom. The van der Waals surface area contributed by atoms with Crippen molar-refractivity contribution in [3.8, 4) is 11.5 Å². The molecule has 0 unspecified atom stereocenters. The quantitative estimate of drug-likeness (QED) is 0.890. The molecule has 0 aliphatic heterocycles. The minimum atomic E-state index is -0.102. The van der Waals surface area contributed by atoms with E-state index in [4.69, 9.17) is 9.47 Å². The Labute approximate surface area is 137 Å². The van der Waals surface area contributed by atoms with Crippen LogP contribution in [0.4, 0.5) is 0 Å². The summed E-state index contributed by atoms with van der Waals surface area (Å²) in [4.78, 5) is 12.2. The van der Waals surface area contributed by atoms with Gasteiger partial charge in [0.05, 0.1) is 14.2 Å². The second-order valence-electron chi connectivity index (χ2n) is 5.51. The van der Waals surface area contributed by atoms with Crippen LogP contribution in [0, 0.1) is 13.8 Å². The maximum Gasteiger partial charge on any atom is 0.251 e. The number of carbonyl (C=O) groups excluding carboxylic acids is 1. The van der Waals surface area contributed by atoms with E-state index in [1.165, 1.54) is 5.56 Å². The van der Waals surface area contributed by atoms with E-state index in [9.17, 15) is 4.79 Å². The molecule has 0 aliphatic carbocycles. The molecular formula is C19H23NO3. The van der Waals surface area contributed by atoms with Gasteiger partial charge in [-0.25, -0.2) is 0 Å². The molecule has 23 heavy (non-hydrogen) atoms. The van der Waals surface area contributed by atoms with Crippen LogP contribution in [0.5, 0.6) is 11.5 Å². The third kappa shape index (κ3) is 4.25. The topological polar surface area (TPSA) is 47.6 Å². The van der Waals surface area contributed by atoms with Crippen molar-refractivity contribution < 1.29 is 14.3 Å². The van der Waals surface area contributed by atoms with Crippen LogP contribution in [0.2, 0.25) is 0 Å². The van der Waals surface area contributed by atoms with E-state index in [0.29, 0.717) is 12.1 Å². The number of methoxy groups -OCH3 is 2. The standard InChI is InChI=1S/C19H23NO3/c1-13-5-8-17(22-3)15(11-13)9-10-20-19(21)16-7-6-14(2)18(12-16)23-4/h5-8,11-12H,9-10H2,1-4H3,(H,20,21). The fourth-order valence-corrected chi connectivity index (χ4v) is 2.48. The highest BCUT2D eigenvalue weighted by Gasteiger charge is 2.09. The number of rotatable bonds is 6. The van der Waals surface area contributed by atoms with Crippen molar-refractivity contribution in [2.24, 2.45) is 0 Å². The predicted molar refractivity (Wildman–Crippen MR) is 91.5 cm³/mol. The molecule has 2 rings (SSSR count). The molecule has 0 aromatic heterocycles. The highest BCUT2D eigenvalue weighted by Crippen LogP contribution is 2.20. The molecular weight excluding hydrogens is 290 g/mol. The first-order valence-electron chi connectivity index (χ1n) is 7.61. The molecule has 0 saturated carbocycles. The Morgan fingerprint density at radius 3 is 2.43 bits per heavy atom. The van der Waals surface area contributed by atoms with E-state index in [1.807, 2.05) is 32.0 Å². The molecule has 4 heteroatoms. The third-order valence-corrected chi connectivity index (χ3v) is 3.79. The van der Waals surface area contributed by atoms with Crippen LogP contribution in [0.15, 0.2) is 36.4 Å². The average Bonchev–Trinajstić information content (AvgIpc) is 2.55. The Balaban J connectivity index is 1.99. The molecule has 0 spiro atoms. The van der Waals surface area contributed by atoms with Gasteiger partial charge in [-0.05, 0) is 49.6 Å². The van der Waals surface area contributed by atoms with Crippen molar-refractivity contribution in [3.63, 3.8) is 0 Å². The number of carbonyl (C=O) groups is 1. The minimum absolute atomic E-state index is 0.102. The van der Waals surface area contributed by atoms with Crippen molar-refractivity contribution in [2.45, 2.75) is 20.3 Å². The average molecular weight is 313 g/mol. The lowest BCUT2D eigenvalue weighted by Crippen LogP contribution is -2.25. The highest BCUT2D eigenvalue weighted by atomic mass is 16.5. The number of hydrogen-bond acceptors (Lipinski definition) is 3. The van der Waals surface area contributed by atoms with Crippen LogP contribution < -0.4 is 14.8 Å². The van der Waals surface area contributed by atoms with Crippen LogP contribution in [0.3, 0.4) is 0 Å². The van der Waals surface area contributed by atoms with E-state index in [2.05, 4.69) is 11.4 Å². The van der Waals surface area contributed by atoms with Gasteiger partial charge in [-0.15, -0.1) is 0 Å². The number of nitrogens with one attached hydrogen (secondary N) is 1. The molecule has 2 aromatic rings. The second-order valence-corrected chi connectivity index (χ2v) is 5.51. The summed E-state index contributed by atoms with van der Waals surface area (Å²) in [6, 6.07) is 11.5. The molecule has 0 aliphatic rings. The van der Waals surface area contributed by atoms with E-state index in [0.717, 1.165) is 29.0 Å². The zero-order valence-electron chi connectivity index (χ0n) is 14.1. The summed E-state index contributed by atoms with van der Waals surface area (Å²) in [6.45, 7) is 4.54. The monoisotopic (exact) mass is 313 g/mol. The van der Waals surface area contributed by atoms with Crippen LogP contribution in [0.1, 0.15) is 27.0 Å². The zero-order valence-corrected chi connectivity index (χ0v) is 14.1. The van der Waals surface area contributed by atoms with Crippen LogP contribution in [-0.2, 0) is 6.42 Å². The van der Waals surface area contributed by atoms with Gasteiger partial charge in [-0.1, -0.05) is 23.8 Å². The fourth-order valence-electron chi connectivity index (χ4n) is 2.48. The molecule has 4 nitrogen and oxygen atoms in total.